The molecule has 0 unspecified atom stereocenters. The molecule has 9 nitrogen and oxygen atoms in total. The lowest BCUT2D eigenvalue weighted by Crippen LogP contribution is -2.18. The highest BCUT2D eigenvalue weighted by Gasteiger charge is 2.18. The molecule has 0 saturated carbocycles. The smallest absolute Gasteiger partial charge is 0.465 e. The van der Waals surface area contributed by atoms with Gasteiger partial charge in [0.05, 0.1) is 20.1 Å². The van der Waals surface area contributed by atoms with Crippen LogP contribution in [0.15, 0.2) is 48.5 Å². The van der Waals surface area contributed by atoms with Crippen molar-refractivity contribution in [3.05, 3.63) is 59.7 Å². The molecule has 0 aliphatic rings. The normalized spacial score (nSPS) is 9.93. The summed E-state index contributed by atoms with van der Waals surface area (Å²) in [4.78, 5) is 47.4. The number of methoxy groups -OCH3 is 1. The number of rotatable bonds is 8. The van der Waals surface area contributed by atoms with Crippen molar-refractivity contribution in [1.29, 1.82) is 0 Å². The molecule has 2 aromatic rings. The van der Waals surface area contributed by atoms with Gasteiger partial charge in [-0.15, -0.1) is 0 Å². The fourth-order valence-corrected chi connectivity index (χ4v) is 2.28. The molecule has 0 fully saturated rings. The predicted octanol–water partition coefficient (Wildman–Crippen LogP) is 3.16. The zero-order valence-corrected chi connectivity index (χ0v) is 16.4. The number of hydrogen-bond donors (Lipinski definition) is 0. The highest BCUT2D eigenvalue weighted by molar-refractivity contribution is 5.94. The largest absolute Gasteiger partial charge is 0.513 e. The van der Waals surface area contributed by atoms with Crippen molar-refractivity contribution in [2.24, 2.45) is 0 Å². The third-order valence-electron chi connectivity index (χ3n) is 3.62. The van der Waals surface area contributed by atoms with Crippen LogP contribution in [-0.2, 0) is 19.0 Å². The SMILES string of the molecule is CCOC(=O)c1ccccc1OC(=O)OCCC(=O)Oc1ccccc1C(=O)OC. The van der Waals surface area contributed by atoms with Crippen LogP contribution >= 0.6 is 0 Å². The average Bonchev–Trinajstić information content (AvgIpc) is 2.74. The Hall–Kier alpha value is -3.88. The lowest BCUT2D eigenvalue weighted by Gasteiger charge is -2.10. The fraction of sp³-hybridized carbons (Fsp3) is 0.238. The fourth-order valence-electron chi connectivity index (χ4n) is 2.28. The van der Waals surface area contributed by atoms with E-state index in [0.717, 1.165) is 0 Å². The first kappa shape index (κ1) is 22.4. The summed E-state index contributed by atoms with van der Waals surface area (Å²) in [6.07, 6.45) is -1.39. The molecule has 0 saturated heterocycles. The molecule has 0 spiro atoms. The van der Waals surface area contributed by atoms with Crippen molar-refractivity contribution in [2.45, 2.75) is 13.3 Å². The van der Waals surface area contributed by atoms with Crippen LogP contribution in [0.5, 0.6) is 11.5 Å². The molecule has 0 amide bonds. The summed E-state index contributed by atoms with van der Waals surface area (Å²) in [6, 6.07) is 12.1. The van der Waals surface area contributed by atoms with Crippen molar-refractivity contribution >= 4 is 24.1 Å². The third-order valence-corrected chi connectivity index (χ3v) is 3.62. The standard InChI is InChI=1S/C21H20O9/c1-3-27-20(24)15-9-5-7-11-17(15)30-21(25)28-13-12-18(22)29-16-10-6-4-8-14(16)19(23)26-2/h4-11H,3,12-13H2,1-2H3. The number of carbonyl (C=O) groups is 4. The minimum absolute atomic E-state index is 0.0280. The average molecular weight is 416 g/mol. The molecule has 2 aromatic carbocycles. The second-order valence-corrected chi connectivity index (χ2v) is 5.63. The maximum Gasteiger partial charge on any atom is 0.513 e. The van der Waals surface area contributed by atoms with E-state index in [-0.39, 0.29) is 42.3 Å². The van der Waals surface area contributed by atoms with Crippen LogP contribution in [0.25, 0.3) is 0 Å². The van der Waals surface area contributed by atoms with Crippen LogP contribution in [0, 0.1) is 0 Å². The lowest BCUT2D eigenvalue weighted by atomic mass is 10.2. The number of ether oxygens (including phenoxy) is 5. The highest BCUT2D eigenvalue weighted by atomic mass is 16.7. The third kappa shape index (κ3) is 6.33. The van der Waals surface area contributed by atoms with E-state index >= 15 is 0 Å². The molecule has 0 atom stereocenters. The molecule has 2 rings (SSSR count). The van der Waals surface area contributed by atoms with Gasteiger partial charge in [-0.05, 0) is 31.2 Å². The molecule has 0 bridgehead atoms. The second kappa shape index (κ2) is 11.2. The Morgan fingerprint density at radius 2 is 1.33 bits per heavy atom. The van der Waals surface area contributed by atoms with E-state index in [1.165, 1.54) is 31.4 Å². The van der Waals surface area contributed by atoms with Crippen molar-refractivity contribution in [1.82, 2.24) is 0 Å². The summed E-state index contributed by atoms with van der Waals surface area (Å²) < 4.78 is 24.5. The highest BCUT2D eigenvalue weighted by Crippen LogP contribution is 2.20. The van der Waals surface area contributed by atoms with Crippen molar-refractivity contribution in [3.8, 4) is 11.5 Å². The van der Waals surface area contributed by atoms with Gasteiger partial charge in [0.25, 0.3) is 0 Å². The molecule has 0 aliphatic heterocycles. The van der Waals surface area contributed by atoms with Crippen LogP contribution in [0.2, 0.25) is 0 Å². The maximum atomic E-state index is 12.0. The summed E-state index contributed by atoms with van der Waals surface area (Å²) >= 11 is 0. The number of para-hydroxylation sites is 2. The van der Waals surface area contributed by atoms with E-state index in [1.807, 2.05) is 0 Å². The first-order valence-corrected chi connectivity index (χ1v) is 8.95. The van der Waals surface area contributed by atoms with Crippen LogP contribution in [0.4, 0.5) is 4.79 Å². The van der Waals surface area contributed by atoms with Gasteiger partial charge in [-0.25, -0.2) is 14.4 Å². The first-order valence-electron chi connectivity index (χ1n) is 8.95. The van der Waals surface area contributed by atoms with Gasteiger partial charge in [0.1, 0.15) is 29.2 Å². The zero-order chi connectivity index (χ0) is 21.9. The Morgan fingerprint density at radius 3 is 1.93 bits per heavy atom. The van der Waals surface area contributed by atoms with E-state index < -0.39 is 24.1 Å². The summed E-state index contributed by atoms with van der Waals surface area (Å²) in [5.74, 6) is -2.03. The Balaban J connectivity index is 1.87. The Bertz CT molecular complexity index is 920. The maximum absolute atomic E-state index is 12.0. The van der Waals surface area contributed by atoms with Gasteiger partial charge < -0.3 is 23.7 Å². The van der Waals surface area contributed by atoms with Crippen LogP contribution in [0.1, 0.15) is 34.1 Å². The predicted molar refractivity (Wildman–Crippen MR) is 102 cm³/mol. The minimum atomic E-state index is -1.10. The monoisotopic (exact) mass is 416 g/mol. The van der Waals surface area contributed by atoms with E-state index in [1.54, 1.807) is 31.2 Å². The number of hydrogen-bond acceptors (Lipinski definition) is 9. The van der Waals surface area contributed by atoms with Crippen molar-refractivity contribution < 1.29 is 42.9 Å². The van der Waals surface area contributed by atoms with Gasteiger partial charge in [0.2, 0.25) is 0 Å². The molecule has 0 aliphatic carbocycles. The molecular weight excluding hydrogens is 396 g/mol. The quantitative estimate of drug-likeness (QED) is 0.277. The topological polar surface area (TPSA) is 114 Å². The van der Waals surface area contributed by atoms with E-state index in [9.17, 15) is 19.2 Å². The van der Waals surface area contributed by atoms with Gasteiger partial charge in [0, 0.05) is 0 Å². The van der Waals surface area contributed by atoms with Gasteiger partial charge >= 0.3 is 24.1 Å². The van der Waals surface area contributed by atoms with Gasteiger partial charge in [-0.2, -0.15) is 0 Å². The Labute approximate surface area is 172 Å². The van der Waals surface area contributed by atoms with E-state index in [0.29, 0.717) is 0 Å². The van der Waals surface area contributed by atoms with Crippen molar-refractivity contribution in [2.75, 3.05) is 20.3 Å². The Morgan fingerprint density at radius 1 is 0.767 bits per heavy atom. The van der Waals surface area contributed by atoms with E-state index in [2.05, 4.69) is 4.74 Å². The first-order chi connectivity index (χ1) is 14.5. The molecule has 30 heavy (non-hydrogen) atoms. The van der Waals surface area contributed by atoms with Gasteiger partial charge in [-0.1, -0.05) is 24.3 Å². The summed E-state index contributed by atoms with van der Waals surface area (Å²) in [5, 5.41) is 0. The molecule has 9 heteroatoms. The molecule has 158 valence electrons. The van der Waals surface area contributed by atoms with Crippen LogP contribution < -0.4 is 9.47 Å². The molecule has 0 aromatic heterocycles. The van der Waals surface area contributed by atoms with Gasteiger partial charge in [0.15, 0.2) is 0 Å². The minimum Gasteiger partial charge on any atom is -0.465 e. The summed E-state index contributed by atoms with van der Waals surface area (Å²) in [5.41, 5.74) is 0.152. The molecule has 0 radical (unpaired) electrons. The summed E-state index contributed by atoms with van der Waals surface area (Å²) in [6.45, 7) is 1.48. The Kier molecular flexibility index (Phi) is 8.37. The van der Waals surface area contributed by atoms with Crippen molar-refractivity contribution in [3.63, 3.8) is 0 Å². The van der Waals surface area contributed by atoms with E-state index in [4.69, 9.17) is 18.9 Å². The van der Waals surface area contributed by atoms with Crippen LogP contribution in [0.3, 0.4) is 0 Å². The van der Waals surface area contributed by atoms with Gasteiger partial charge in [-0.3, -0.25) is 4.79 Å². The number of carbonyl (C=O) groups excluding carboxylic acids is 4. The second-order valence-electron chi connectivity index (χ2n) is 5.63. The lowest BCUT2D eigenvalue weighted by molar-refractivity contribution is -0.135. The zero-order valence-electron chi connectivity index (χ0n) is 16.4. The molecular formula is C21H20O9. The number of esters is 3. The van der Waals surface area contributed by atoms with Crippen LogP contribution in [-0.4, -0.2) is 44.4 Å². The number of benzene rings is 2. The molecule has 0 heterocycles. The summed E-state index contributed by atoms with van der Waals surface area (Å²) in [7, 11) is 1.21. The molecule has 0 N–H and O–H groups in total.